The number of hydrogen-bond donors (Lipinski definition) is 3. The molecule has 0 aliphatic heterocycles. The number of thiophene rings is 1. The Bertz CT molecular complexity index is 1010. The van der Waals surface area contributed by atoms with Crippen molar-refractivity contribution >= 4 is 37.9 Å². The third-order valence-electron chi connectivity index (χ3n) is 3.98. The van der Waals surface area contributed by atoms with E-state index in [0.29, 0.717) is 23.5 Å². The van der Waals surface area contributed by atoms with Gasteiger partial charge in [0.05, 0.1) is 29.2 Å². The molecule has 1 aromatic carbocycles. The van der Waals surface area contributed by atoms with Crippen LogP contribution >= 0.6 is 11.3 Å². The van der Waals surface area contributed by atoms with Gasteiger partial charge in [-0.1, -0.05) is 6.92 Å². The van der Waals surface area contributed by atoms with Crippen molar-refractivity contribution in [3.63, 3.8) is 0 Å². The number of hydrogen-bond acceptors (Lipinski definition) is 7. The number of anilines is 1. The van der Waals surface area contributed by atoms with Crippen molar-refractivity contribution in [2.75, 3.05) is 18.5 Å². The highest BCUT2D eigenvalue weighted by atomic mass is 32.2. The quantitative estimate of drug-likeness (QED) is 0.567. The SMILES string of the molecule is CC(CO)C(=O)CNc1sc(S(=O)(=O)c2ccc(C(F)(F)F)cc2)cc1C(N)=O. The minimum atomic E-state index is -4.61. The number of nitrogens with two attached hydrogens (primary N) is 1. The van der Waals surface area contributed by atoms with Gasteiger partial charge in [0, 0.05) is 5.92 Å². The molecule has 0 fully saturated rings. The number of ketones is 1. The summed E-state index contributed by atoms with van der Waals surface area (Å²) in [5, 5.41) is 11.6. The Morgan fingerprint density at radius 1 is 1.24 bits per heavy atom. The number of carbonyl (C=O) groups is 2. The van der Waals surface area contributed by atoms with E-state index in [1.54, 1.807) is 0 Å². The summed E-state index contributed by atoms with van der Waals surface area (Å²) in [6, 6.07) is 3.93. The van der Waals surface area contributed by atoms with Crippen molar-refractivity contribution in [1.29, 1.82) is 0 Å². The number of rotatable bonds is 8. The fourth-order valence-electron chi connectivity index (χ4n) is 2.20. The average Bonchev–Trinajstić information content (AvgIpc) is 3.10. The van der Waals surface area contributed by atoms with Gasteiger partial charge in [-0.05, 0) is 30.3 Å². The van der Waals surface area contributed by atoms with Crippen molar-refractivity contribution in [2.45, 2.75) is 22.2 Å². The first-order chi connectivity index (χ1) is 13.4. The largest absolute Gasteiger partial charge is 0.416 e. The molecule has 1 unspecified atom stereocenters. The maximum absolute atomic E-state index is 12.7. The summed E-state index contributed by atoms with van der Waals surface area (Å²) in [5.74, 6) is -1.97. The van der Waals surface area contributed by atoms with Crippen LogP contribution in [0, 0.1) is 5.92 Å². The van der Waals surface area contributed by atoms with Gasteiger partial charge < -0.3 is 16.2 Å². The predicted molar refractivity (Wildman–Crippen MR) is 99.5 cm³/mol. The van der Waals surface area contributed by atoms with Crippen molar-refractivity contribution < 1.29 is 36.3 Å². The smallest absolute Gasteiger partial charge is 0.396 e. The Labute approximate surface area is 168 Å². The molecule has 1 amide bonds. The van der Waals surface area contributed by atoms with Crippen LogP contribution in [0.4, 0.5) is 18.2 Å². The van der Waals surface area contributed by atoms with Crippen molar-refractivity contribution in [1.82, 2.24) is 0 Å². The van der Waals surface area contributed by atoms with E-state index < -0.39 is 33.4 Å². The molecular weight excluding hydrogens is 433 g/mol. The second-order valence-corrected chi connectivity index (χ2v) is 9.33. The van der Waals surface area contributed by atoms with Crippen LogP contribution < -0.4 is 11.1 Å². The summed E-state index contributed by atoms with van der Waals surface area (Å²) in [6.45, 7) is 0.845. The summed E-state index contributed by atoms with van der Waals surface area (Å²) >= 11 is 0.624. The van der Waals surface area contributed by atoms with Crippen molar-refractivity contribution in [3.8, 4) is 0 Å². The highest BCUT2D eigenvalue weighted by Crippen LogP contribution is 2.36. The van der Waals surface area contributed by atoms with Crippen LogP contribution in [0.3, 0.4) is 0 Å². The van der Waals surface area contributed by atoms with Crippen LogP contribution in [-0.2, 0) is 20.8 Å². The second kappa shape index (κ2) is 8.51. The number of amides is 1. The lowest BCUT2D eigenvalue weighted by Crippen LogP contribution is -2.23. The number of primary amides is 1. The monoisotopic (exact) mass is 450 g/mol. The Morgan fingerprint density at radius 2 is 1.83 bits per heavy atom. The molecule has 7 nitrogen and oxygen atoms in total. The lowest BCUT2D eigenvalue weighted by atomic mass is 10.1. The molecule has 0 bridgehead atoms. The number of alkyl halides is 3. The number of aliphatic hydroxyl groups excluding tert-OH is 1. The first kappa shape index (κ1) is 22.8. The molecule has 1 atom stereocenters. The standard InChI is InChI=1S/C17H17F3N2O5S2/c1-9(8-23)13(24)7-22-16-12(15(21)25)6-14(28-16)29(26,27)11-4-2-10(3-5-11)17(18,19)20/h2-6,9,22-23H,7-8H2,1H3,(H2,21,25). The number of Topliss-reactive ketones (excluding diaryl/α,β-unsaturated/α-hetero) is 1. The van der Waals surface area contributed by atoms with Crippen molar-refractivity contribution in [2.24, 2.45) is 11.7 Å². The molecule has 2 rings (SSSR count). The van der Waals surface area contributed by atoms with Crippen LogP contribution in [0.25, 0.3) is 0 Å². The molecule has 0 radical (unpaired) electrons. The van der Waals surface area contributed by atoms with Gasteiger partial charge in [-0.25, -0.2) is 8.42 Å². The van der Waals surface area contributed by atoms with E-state index in [2.05, 4.69) is 5.32 Å². The van der Waals surface area contributed by atoms with Gasteiger partial charge in [-0.15, -0.1) is 11.3 Å². The fourth-order valence-corrected chi connectivity index (χ4v) is 4.97. The molecule has 0 spiro atoms. The van der Waals surface area contributed by atoms with Gasteiger partial charge in [0.1, 0.15) is 9.21 Å². The number of halogens is 3. The summed E-state index contributed by atoms with van der Waals surface area (Å²) < 4.78 is 63.1. The number of carbonyl (C=O) groups excluding carboxylic acids is 2. The first-order valence-electron chi connectivity index (χ1n) is 8.11. The van der Waals surface area contributed by atoms with Crippen LogP contribution in [0.1, 0.15) is 22.8 Å². The highest BCUT2D eigenvalue weighted by molar-refractivity contribution is 7.93. The van der Waals surface area contributed by atoms with E-state index in [-0.39, 0.29) is 38.6 Å². The summed E-state index contributed by atoms with van der Waals surface area (Å²) in [5.41, 5.74) is 4.08. The van der Waals surface area contributed by atoms with Gasteiger partial charge >= 0.3 is 6.18 Å². The Morgan fingerprint density at radius 3 is 2.31 bits per heavy atom. The zero-order valence-corrected chi connectivity index (χ0v) is 16.6. The molecule has 4 N–H and O–H groups in total. The highest BCUT2D eigenvalue weighted by Gasteiger charge is 2.31. The van der Waals surface area contributed by atoms with Gasteiger partial charge in [0.15, 0.2) is 5.78 Å². The molecule has 158 valence electrons. The molecule has 0 saturated carbocycles. The van der Waals surface area contributed by atoms with Gasteiger partial charge in [0.2, 0.25) is 9.84 Å². The second-order valence-electron chi connectivity index (χ2n) is 6.10. The molecule has 0 saturated heterocycles. The van der Waals surface area contributed by atoms with E-state index in [9.17, 15) is 31.2 Å². The average molecular weight is 450 g/mol. The van der Waals surface area contributed by atoms with E-state index in [0.717, 1.165) is 18.2 Å². The first-order valence-corrected chi connectivity index (χ1v) is 10.4. The number of sulfone groups is 1. The normalized spacial score (nSPS) is 13.1. The van der Waals surface area contributed by atoms with E-state index in [1.807, 2.05) is 0 Å². The molecule has 0 aliphatic rings. The molecular formula is C17H17F3N2O5S2. The van der Waals surface area contributed by atoms with Crippen molar-refractivity contribution in [3.05, 3.63) is 41.5 Å². The predicted octanol–water partition coefficient (Wildman–Crippen LogP) is 2.31. The molecule has 1 heterocycles. The lowest BCUT2D eigenvalue weighted by Gasteiger charge is -2.08. The minimum absolute atomic E-state index is 0.0291. The molecule has 12 heteroatoms. The van der Waals surface area contributed by atoms with E-state index in [1.165, 1.54) is 6.92 Å². The number of benzene rings is 1. The Kier molecular flexibility index (Phi) is 6.71. The summed E-state index contributed by atoms with van der Waals surface area (Å²) in [4.78, 5) is 23.1. The molecule has 1 aromatic heterocycles. The van der Waals surface area contributed by atoms with Crippen LogP contribution in [0.2, 0.25) is 0 Å². The van der Waals surface area contributed by atoms with E-state index >= 15 is 0 Å². The van der Waals surface area contributed by atoms with E-state index in [4.69, 9.17) is 10.8 Å². The minimum Gasteiger partial charge on any atom is -0.396 e. The molecule has 0 aliphatic carbocycles. The lowest BCUT2D eigenvalue weighted by molar-refractivity contribution is -0.137. The molecule has 2 aromatic rings. The third-order valence-corrected chi connectivity index (χ3v) is 7.31. The zero-order valence-electron chi connectivity index (χ0n) is 15.0. The number of nitrogens with one attached hydrogen (secondary N) is 1. The Hall–Kier alpha value is -2.44. The topological polar surface area (TPSA) is 127 Å². The maximum atomic E-state index is 12.7. The van der Waals surface area contributed by atoms with Crippen LogP contribution in [0.15, 0.2) is 39.4 Å². The Balaban J connectivity index is 2.36. The van der Waals surface area contributed by atoms with Gasteiger partial charge in [-0.3, -0.25) is 9.59 Å². The summed E-state index contributed by atoms with van der Waals surface area (Å²) in [7, 11) is -4.22. The van der Waals surface area contributed by atoms with Crippen LogP contribution in [-0.4, -0.2) is 38.4 Å². The third kappa shape index (κ3) is 5.14. The van der Waals surface area contributed by atoms with Gasteiger partial charge in [-0.2, -0.15) is 13.2 Å². The van der Waals surface area contributed by atoms with Crippen LogP contribution in [0.5, 0.6) is 0 Å². The molecule has 29 heavy (non-hydrogen) atoms. The summed E-state index contributed by atoms with van der Waals surface area (Å²) in [6.07, 6.45) is -4.61. The van der Waals surface area contributed by atoms with Gasteiger partial charge in [0.25, 0.3) is 5.91 Å². The number of aliphatic hydroxyl groups is 1. The maximum Gasteiger partial charge on any atom is 0.416 e. The fraction of sp³-hybridized carbons (Fsp3) is 0.294. The zero-order chi connectivity index (χ0) is 22.0.